The van der Waals surface area contributed by atoms with Crippen molar-refractivity contribution in [3.05, 3.63) is 64.7 Å². The minimum Gasteiger partial charge on any atom is -0.479 e. The van der Waals surface area contributed by atoms with Crippen LogP contribution in [0.25, 0.3) is 0 Å². The zero-order valence-electron chi connectivity index (χ0n) is 14.2. The van der Waals surface area contributed by atoms with Gasteiger partial charge in [-0.15, -0.1) is 0 Å². The lowest BCUT2D eigenvalue weighted by Crippen LogP contribution is -2.38. The lowest BCUT2D eigenvalue weighted by atomic mass is 10.1. The molecule has 2 aromatic carbocycles. The number of para-hydroxylation sites is 1. The van der Waals surface area contributed by atoms with E-state index in [0.717, 1.165) is 12.8 Å². The van der Waals surface area contributed by atoms with E-state index < -0.39 is 6.10 Å². The summed E-state index contributed by atoms with van der Waals surface area (Å²) in [5.41, 5.74) is 2.55. The molecule has 4 heteroatoms. The highest BCUT2D eigenvalue weighted by atomic mass is 35.5. The Morgan fingerprint density at radius 2 is 1.88 bits per heavy atom. The number of carbonyl (C=O) groups is 1. The molecule has 0 aromatic heterocycles. The Bertz CT molecular complexity index is 655. The summed E-state index contributed by atoms with van der Waals surface area (Å²) in [5, 5.41) is 3.46. The Hall–Kier alpha value is -2.00. The lowest BCUT2D eigenvalue weighted by Gasteiger charge is -2.18. The molecular weight excluding hydrogens is 322 g/mol. The summed E-state index contributed by atoms with van der Waals surface area (Å²) < 4.78 is 5.74. The highest BCUT2D eigenvalue weighted by Gasteiger charge is 2.18. The minimum atomic E-state index is -0.524. The first-order chi connectivity index (χ1) is 11.6. The summed E-state index contributed by atoms with van der Waals surface area (Å²) in [5.74, 6) is 0.446. The van der Waals surface area contributed by atoms with E-state index in [4.69, 9.17) is 16.3 Å². The maximum absolute atomic E-state index is 12.3. The number of hydrogen-bond acceptors (Lipinski definition) is 2. The van der Waals surface area contributed by atoms with Crippen molar-refractivity contribution in [1.29, 1.82) is 0 Å². The van der Waals surface area contributed by atoms with E-state index in [0.29, 0.717) is 23.7 Å². The standard InChI is InChI=1S/C20H24ClNO2/c1-3-18(24-19-9-5-4-8-17(19)21)20(23)22-14-6-7-16-12-10-15(2)11-13-16/h4-5,8-13,18H,3,6-7,14H2,1-2H3,(H,22,23)/t18-/m0/s1. The molecule has 2 aromatic rings. The molecule has 0 aliphatic rings. The zero-order valence-corrected chi connectivity index (χ0v) is 15.0. The summed E-state index contributed by atoms with van der Waals surface area (Å²) in [7, 11) is 0. The fraction of sp³-hybridized carbons (Fsp3) is 0.350. The lowest BCUT2D eigenvalue weighted by molar-refractivity contribution is -0.128. The van der Waals surface area contributed by atoms with Gasteiger partial charge in [-0.25, -0.2) is 0 Å². The van der Waals surface area contributed by atoms with Crippen molar-refractivity contribution in [3.63, 3.8) is 0 Å². The smallest absolute Gasteiger partial charge is 0.261 e. The molecular formula is C20H24ClNO2. The van der Waals surface area contributed by atoms with Gasteiger partial charge in [0.2, 0.25) is 0 Å². The number of carbonyl (C=O) groups excluding carboxylic acids is 1. The number of hydrogen-bond donors (Lipinski definition) is 1. The predicted octanol–water partition coefficient (Wildman–Crippen LogP) is 4.55. The third kappa shape index (κ3) is 5.57. The number of benzene rings is 2. The van der Waals surface area contributed by atoms with Crippen molar-refractivity contribution in [1.82, 2.24) is 5.32 Å². The van der Waals surface area contributed by atoms with E-state index in [-0.39, 0.29) is 5.91 Å². The largest absolute Gasteiger partial charge is 0.479 e. The molecule has 1 N–H and O–H groups in total. The third-order valence-corrected chi connectivity index (χ3v) is 4.14. The zero-order chi connectivity index (χ0) is 17.4. The average Bonchev–Trinajstić information content (AvgIpc) is 2.59. The highest BCUT2D eigenvalue weighted by molar-refractivity contribution is 6.32. The predicted molar refractivity (Wildman–Crippen MR) is 98.7 cm³/mol. The molecule has 24 heavy (non-hydrogen) atoms. The topological polar surface area (TPSA) is 38.3 Å². The van der Waals surface area contributed by atoms with E-state index in [1.54, 1.807) is 12.1 Å². The molecule has 1 amide bonds. The van der Waals surface area contributed by atoms with Crippen LogP contribution in [0.1, 0.15) is 30.9 Å². The SMILES string of the molecule is CC[C@H](Oc1ccccc1Cl)C(=O)NCCCc1ccc(C)cc1. The van der Waals surface area contributed by atoms with Crippen molar-refractivity contribution < 1.29 is 9.53 Å². The highest BCUT2D eigenvalue weighted by Crippen LogP contribution is 2.24. The van der Waals surface area contributed by atoms with Gasteiger partial charge in [-0.1, -0.05) is 60.5 Å². The molecule has 0 bridgehead atoms. The first kappa shape index (κ1) is 18.3. The molecule has 0 unspecified atom stereocenters. The van der Waals surface area contributed by atoms with Gasteiger partial charge in [0.1, 0.15) is 5.75 Å². The molecule has 0 aliphatic carbocycles. The second-order valence-electron chi connectivity index (χ2n) is 5.83. The van der Waals surface area contributed by atoms with Gasteiger partial charge in [-0.3, -0.25) is 4.79 Å². The number of ether oxygens (including phenoxy) is 1. The third-order valence-electron chi connectivity index (χ3n) is 3.83. The second kappa shape index (κ2) is 9.33. The fourth-order valence-corrected chi connectivity index (χ4v) is 2.57. The van der Waals surface area contributed by atoms with Crippen molar-refractivity contribution in [2.45, 2.75) is 39.2 Å². The summed E-state index contributed by atoms with van der Waals surface area (Å²) >= 11 is 6.08. The quantitative estimate of drug-likeness (QED) is 0.712. The molecule has 0 radical (unpaired) electrons. The van der Waals surface area contributed by atoms with E-state index >= 15 is 0 Å². The molecule has 0 heterocycles. The first-order valence-corrected chi connectivity index (χ1v) is 8.72. The Morgan fingerprint density at radius 1 is 1.17 bits per heavy atom. The first-order valence-electron chi connectivity index (χ1n) is 8.34. The fourth-order valence-electron chi connectivity index (χ4n) is 2.39. The molecule has 3 nitrogen and oxygen atoms in total. The van der Waals surface area contributed by atoms with Gasteiger partial charge in [0.25, 0.3) is 5.91 Å². The summed E-state index contributed by atoms with van der Waals surface area (Å²) in [6, 6.07) is 15.7. The van der Waals surface area contributed by atoms with Gasteiger partial charge in [0, 0.05) is 6.54 Å². The van der Waals surface area contributed by atoms with Crippen LogP contribution >= 0.6 is 11.6 Å². The van der Waals surface area contributed by atoms with Crippen LogP contribution in [0.3, 0.4) is 0 Å². The maximum atomic E-state index is 12.3. The van der Waals surface area contributed by atoms with Gasteiger partial charge in [0.15, 0.2) is 6.10 Å². The van der Waals surface area contributed by atoms with Gasteiger partial charge < -0.3 is 10.1 Å². The molecule has 2 rings (SSSR count). The van der Waals surface area contributed by atoms with E-state index in [1.807, 2.05) is 19.1 Å². The summed E-state index contributed by atoms with van der Waals surface area (Å²) in [4.78, 5) is 12.3. The van der Waals surface area contributed by atoms with Crippen molar-refractivity contribution in [2.24, 2.45) is 0 Å². The molecule has 0 saturated heterocycles. The van der Waals surface area contributed by atoms with E-state index in [2.05, 4.69) is 36.5 Å². The Morgan fingerprint density at radius 3 is 2.54 bits per heavy atom. The van der Waals surface area contributed by atoms with Gasteiger partial charge in [0.05, 0.1) is 5.02 Å². The number of amides is 1. The number of nitrogens with one attached hydrogen (secondary N) is 1. The summed E-state index contributed by atoms with van der Waals surface area (Å²) in [6.07, 6.45) is 1.92. The average molecular weight is 346 g/mol. The van der Waals surface area contributed by atoms with Crippen molar-refractivity contribution in [2.75, 3.05) is 6.54 Å². The van der Waals surface area contributed by atoms with E-state index in [9.17, 15) is 4.79 Å². The number of aryl methyl sites for hydroxylation is 2. The van der Waals surface area contributed by atoms with Crippen molar-refractivity contribution >= 4 is 17.5 Å². The van der Waals surface area contributed by atoms with Crippen LogP contribution in [0.4, 0.5) is 0 Å². The Labute approximate surface area is 149 Å². The normalized spacial score (nSPS) is 11.8. The van der Waals surface area contributed by atoms with Crippen LogP contribution < -0.4 is 10.1 Å². The maximum Gasteiger partial charge on any atom is 0.261 e. The molecule has 1 atom stereocenters. The molecule has 0 fully saturated rings. The van der Waals surface area contributed by atoms with Crippen LogP contribution in [0.2, 0.25) is 5.02 Å². The van der Waals surface area contributed by atoms with Crippen LogP contribution in [0, 0.1) is 6.92 Å². The second-order valence-corrected chi connectivity index (χ2v) is 6.23. The molecule has 128 valence electrons. The van der Waals surface area contributed by atoms with Gasteiger partial charge >= 0.3 is 0 Å². The summed E-state index contributed by atoms with van der Waals surface area (Å²) in [6.45, 7) is 4.64. The van der Waals surface area contributed by atoms with Crippen LogP contribution in [-0.2, 0) is 11.2 Å². The van der Waals surface area contributed by atoms with Gasteiger partial charge in [-0.05, 0) is 43.9 Å². The van der Waals surface area contributed by atoms with Gasteiger partial charge in [-0.2, -0.15) is 0 Å². The number of halogens is 1. The Balaban J connectivity index is 1.77. The van der Waals surface area contributed by atoms with Crippen LogP contribution in [0.15, 0.2) is 48.5 Å². The molecule has 0 saturated carbocycles. The number of rotatable bonds is 8. The molecule has 0 aliphatic heterocycles. The minimum absolute atomic E-state index is 0.0960. The van der Waals surface area contributed by atoms with Crippen molar-refractivity contribution in [3.8, 4) is 5.75 Å². The monoisotopic (exact) mass is 345 g/mol. The van der Waals surface area contributed by atoms with E-state index in [1.165, 1.54) is 11.1 Å². The molecule has 0 spiro atoms. The van der Waals surface area contributed by atoms with Crippen LogP contribution in [-0.4, -0.2) is 18.6 Å². The van der Waals surface area contributed by atoms with Crippen LogP contribution in [0.5, 0.6) is 5.75 Å². The Kier molecular flexibility index (Phi) is 7.13.